The number of rotatable bonds is 5. The lowest BCUT2D eigenvalue weighted by Crippen LogP contribution is -2.49. The van der Waals surface area contributed by atoms with E-state index >= 15 is 0 Å². The van der Waals surface area contributed by atoms with Gasteiger partial charge in [0.2, 0.25) is 16.0 Å². The van der Waals surface area contributed by atoms with Crippen LogP contribution in [0.25, 0.3) is 11.1 Å². The van der Waals surface area contributed by atoms with Crippen LogP contribution in [0.3, 0.4) is 0 Å². The highest BCUT2D eigenvalue weighted by molar-refractivity contribution is 7.89. The molecule has 3 aromatic rings. The van der Waals surface area contributed by atoms with Crippen molar-refractivity contribution in [3.8, 4) is 11.1 Å². The highest BCUT2D eigenvalue weighted by atomic mass is 32.2. The fraction of sp³-hybridized carbons (Fsp3) is 0.360. The molecular weight excluding hydrogens is 450 g/mol. The van der Waals surface area contributed by atoms with Crippen molar-refractivity contribution >= 4 is 21.8 Å². The number of sulfonamides is 1. The molecule has 0 unspecified atom stereocenters. The first-order valence-electron chi connectivity index (χ1n) is 11.6. The summed E-state index contributed by atoms with van der Waals surface area (Å²) >= 11 is 0. The molecule has 1 aromatic heterocycles. The molecular formula is C25H29N5O3S. The number of ether oxygens (including phenoxy) is 1. The van der Waals surface area contributed by atoms with E-state index in [2.05, 4.69) is 14.8 Å². The minimum absolute atomic E-state index is 0.321. The maximum atomic E-state index is 13.3. The Labute approximate surface area is 200 Å². The van der Waals surface area contributed by atoms with Crippen molar-refractivity contribution in [2.45, 2.75) is 11.8 Å². The molecule has 8 nitrogen and oxygen atoms in total. The average Bonchev–Trinajstić information content (AvgIpc) is 2.89. The van der Waals surface area contributed by atoms with E-state index in [-0.39, 0.29) is 0 Å². The van der Waals surface area contributed by atoms with E-state index in [1.54, 1.807) is 16.4 Å². The maximum Gasteiger partial charge on any atom is 0.243 e. The highest BCUT2D eigenvalue weighted by Gasteiger charge is 2.29. The molecule has 2 aromatic carbocycles. The van der Waals surface area contributed by atoms with Crippen molar-refractivity contribution in [1.82, 2.24) is 14.3 Å². The van der Waals surface area contributed by atoms with E-state index in [9.17, 15) is 8.42 Å². The third kappa shape index (κ3) is 4.77. The molecule has 0 saturated carbocycles. The fourth-order valence-corrected chi connectivity index (χ4v) is 5.78. The average molecular weight is 480 g/mol. The van der Waals surface area contributed by atoms with Crippen LogP contribution in [0.1, 0.15) is 5.69 Å². The van der Waals surface area contributed by atoms with E-state index in [0.717, 1.165) is 35.7 Å². The summed E-state index contributed by atoms with van der Waals surface area (Å²) in [6.07, 6.45) is 0. The minimum atomic E-state index is -3.56. The lowest BCUT2D eigenvalue weighted by atomic mass is 10.1. The molecule has 178 valence electrons. The van der Waals surface area contributed by atoms with E-state index in [1.807, 2.05) is 55.5 Å². The fourth-order valence-electron chi connectivity index (χ4n) is 4.36. The summed E-state index contributed by atoms with van der Waals surface area (Å²) < 4.78 is 33.5. The zero-order chi connectivity index (χ0) is 23.5. The van der Waals surface area contributed by atoms with Gasteiger partial charge in [-0.3, -0.25) is 0 Å². The van der Waals surface area contributed by atoms with Crippen molar-refractivity contribution in [3.05, 3.63) is 66.4 Å². The van der Waals surface area contributed by atoms with E-state index in [0.29, 0.717) is 50.2 Å². The molecule has 0 amide bonds. The van der Waals surface area contributed by atoms with Crippen LogP contribution in [-0.2, 0) is 14.8 Å². The number of benzene rings is 2. The van der Waals surface area contributed by atoms with Gasteiger partial charge >= 0.3 is 0 Å². The zero-order valence-electron chi connectivity index (χ0n) is 19.3. The molecule has 0 aliphatic carbocycles. The van der Waals surface area contributed by atoms with Crippen LogP contribution in [0.2, 0.25) is 0 Å². The number of hydrogen-bond donors (Lipinski definition) is 0. The third-order valence-electron chi connectivity index (χ3n) is 6.28. The van der Waals surface area contributed by atoms with Crippen LogP contribution < -0.4 is 9.80 Å². The standard InChI is InChI=1S/C25H29N5O3S/c1-20-19-24(28-15-17-33-18-16-28)27-25(26-20)29-11-13-30(14-12-29)34(31,32)23-9-7-22(8-10-23)21-5-3-2-4-6-21/h2-10,19H,11-18H2,1H3. The molecule has 2 fully saturated rings. The Kier molecular flexibility index (Phi) is 6.49. The van der Waals surface area contributed by atoms with Crippen LogP contribution in [0.5, 0.6) is 0 Å². The van der Waals surface area contributed by atoms with E-state index in [1.165, 1.54) is 0 Å². The van der Waals surface area contributed by atoms with Crippen LogP contribution in [-0.4, -0.2) is 75.2 Å². The van der Waals surface area contributed by atoms with E-state index in [4.69, 9.17) is 9.72 Å². The van der Waals surface area contributed by atoms with E-state index < -0.39 is 10.0 Å². The lowest BCUT2D eigenvalue weighted by Gasteiger charge is -2.35. The van der Waals surface area contributed by atoms with Gasteiger partial charge in [0.15, 0.2) is 0 Å². The van der Waals surface area contributed by atoms with Crippen LogP contribution in [0, 0.1) is 6.92 Å². The van der Waals surface area contributed by atoms with Gasteiger partial charge in [0, 0.05) is 51.0 Å². The third-order valence-corrected chi connectivity index (χ3v) is 8.20. The first-order valence-corrected chi connectivity index (χ1v) is 13.0. The topological polar surface area (TPSA) is 78.9 Å². The van der Waals surface area contributed by atoms with Crippen molar-refractivity contribution in [2.75, 3.05) is 62.3 Å². The number of nitrogens with zero attached hydrogens (tertiary/aromatic N) is 5. The normalized spacial score (nSPS) is 17.7. The molecule has 3 heterocycles. The van der Waals surface area contributed by atoms with Crippen molar-refractivity contribution in [1.29, 1.82) is 0 Å². The van der Waals surface area contributed by atoms with Crippen LogP contribution in [0.4, 0.5) is 11.8 Å². The minimum Gasteiger partial charge on any atom is -0.378 e. The Hall–Kier alpha value is -3.01. The van der Waals surface area contributed by atoms with Gasteiger partial charge in [-0.15, -0.1) is 0 Å². The first-order chi connectivity index (χ1) is 16.5. The molecule has 0 radical (unpaired) electrons. The number of aryl methyl sites for hydroxylation is 1. The quantitative estimate of drug-likeness (QED) is 0.557. The zero-order valence-corrected chi connectivity index (χ0v) is 20.1. The molecule has 0 bridgehead atoms. The second-order valence-corrected chi connectivity index (χ2v) is 10.5. The van der Waals surface area contributed by atoms with Gasteiger partial charge in [0.1, 0.15) is 5.82 Å². The van der Waals surface area contributed by atoms with Gasteiger partial charge < -0.3 is 14.5 Å². The Morgan fingerprint density at radius 3 is 2.09 bits per heavy atom. The molecule has 5 rings (SSSR count). The smallest absolute Gasteiger partial charge is 0.243 e. The van der Waals surface area contributed by atoms with Gasteiger partial charge in [-0.05, 0) is 30.2 Å². The molecule has 2 aliphatic rings. The van der Waals surface area contributed by atoms with Crippen molar-refractivity contribution < 1.29 is 13.2 Å². The van der Waals surface area contributed by atoms with Gasteiger partial charge in [-0.25, -0.2) is 13.4 Å². The van der Waals surface area contributed by atoms with Crippen molar-refractivity contribution in [3.63, 3.8) is 0 Å². The lowest BCUT2D eigenvalue weighted by molar-refractivity contribution is 0.122. The SMILES string of the molecule is Cc1cc(N2CCOCC2)nc(N2CCN(S(=O)(=O)c3ccc(-c4ccccc4)cc3)CC2)n1. The summed E-state index contributed by atoms with van der Waals surface area (Å²) in [6.45, 7) is 6.87. The number of aromatic nitrogens is 2. The summed E-state index contributed by atoms with van der Waals surface area (Å²) in [6, 6.07) is 19.1. The number of anilines is 2. The summed E-state index contributed by atoms with van der Waals surface area (Å²) in [4.78, 5) is 14.0. The summed E-state index contributed by atoms with van der Waals surface area (Å²) in [7, 11) is -3.56. The molecule has 9 heteroatoms. The first kappa shape index (κ1) is 22.8. The summed E-state index contributed by atoms with van der Waals surface area (Å²) in [5, 5.41) is 0. The Bertz CT molecular complexity index is 1220. The van der Waals surface area contributed by atoms with Crippen LogP contribution >= 0.6 is 0 Å². The van der Waals surface area contributed by atoms with Gasteiger partial charge in [-0.1, -0.05) is 42.5 Å². The largest absolute Gasteiger partial charge is 0.378 e. The van der Waals surface area contributed by atoms with Crippen LogP contribution in [0.15, 0.2) is 65.6 Å². The van der Waals surface area contributed by atoms with Gasteiger partial charge in [0.05, 0.1) is 18.1 Å². The predicted octanol–water partition coefficient (Wildman–Crippen LogP) is 2.80. The molecule has 2 saturated heterocycles. The number of morpholine rings is 1. The monoisotopic (exact) mass is 479 g/mol. The van der Waals surface area contributed by atoms with Crippen molar-refractivity contribution in [2.24, 2.45) is 0 Å². The number of hydrogen-bond acceptors (Lipinski definition) is 7. The highest BCUT2D eigenvalue weighted by Crippen LogP contribution is 2.25. The molecule has 0 N–H and O–H groups in total. The summed E-state index contributed by atoms with van der Waals surface area (Å²) in [5.41, 5.74) is 2.96. The Morgan fingerprint density at radius 2 is 1.41 bits per heavy atom. The van der Waals surface area contributed by atoms with Gasteiger partial charge in [-0.2, -0.15) is 9.29 Å². The Morgan fingerprint density at radius 1 is 0.765 bits per heavy atom. The molecule has 0 atom stereocenters. The maximum absolute atomic E-state index is 13.3. The second-order valence-electron chi connectivity index (χ2n) is 8.55. The second kappa shape index (κ2) is 9.69. The number of piperazine rings is 1. The Balaban J connectivity index is 1.27. The molecule has 34 heavy (non-hydrogen) atoms. The predicted molar refractivity (Wildman–Crippen MR) is 133 cm³/mol. The molecule has 0 spiro atoms. The summed E-state index contributed by atoms with van der Waals surface area (Å²) in [5.74, 6) is 1.56. The van der Waals surface area contributed by atoms with Gasteiger partial charge in [0.25, 0.3) is 0 Å². The molecule has 2 aliphatic heterocycles.